The first-order valence-corrected chi connectivity index (χ1v) is 7.16. The Balaban J connectivity index is 1.88. The molecule has 0 bridgehead atoms. The minimum atomic E-state index is -0.262. The average molecular weight is 302 g/mol. The van der Waals surface area contributed by atoms with Crippen molar-refractivity contribution < 1.29 is 9.90 Å². The van der Waals surface area contributed by atoms with Gasteiger partial charge in [-0.25, -0.2) is 15.4 Å². The van der Waals surface area contributed by atoms with Crippen LogP contribution in [0.1, 0.15) is 12.5 Å². The van der Waals surface area contributed by atoms with Gasteiger partial charge in [-0.1, -0.05) is 23.9 Å². The van der Waals surface area contributed by atoms with Crippen LogP contribution in [-0.4, -0.2) is 32.4 Å². The summed E-state index contributed by atoms with van der Waals surface area (Å²) in [6.45, 7) is 1.71. The zero-order valence-corrected chi connectivity index (χ0v) is 12.2. The Morgan fingerprint density at radius 2 is 2.00 bits per heavy atom. The Morgan fingerprint density at radius 3 is 2.71 bits per heavy atom. The number of amides is 1. The Kier molecular flexibility index (Phi) is 5.28. The van der Waals surface area contributed by atoms with Gasteiger partial charge in [-0.2, -0.15) is 5.10 Å². The zero-order chi connectivity index (χ0) is 15.1. The third kappa shape index (κ3) is 4.57. The van der Waals surface area contributed by atoms with E-state index >= 15 is 0 Å². The molecule has 0 aliphatic heterocycles. The molecule has 0 saturated heterocycles. The van der Waals surface area contributed by atoms with Crippen LogP contribution >= 0.6 is 11.8 Å². The van der Waals surface area contributed by atoms with Gasteiger partial charge in [-0.05, 0) is 25.1 Å². The lowest BCUT2D eigenvalue weighted by Crippen LogP contribution is -2.21. The van der Waals surface area contributed by atoms with Crippen LogP contribution in [0.5, 0.6) is 5.75 Å². The molecule has 21 heavy (non-hydrogen) atoms. The van der Waals surface area contributed by atoms with Crippen LogP contribution in [0.25, 0.3) is 0 Å². The van der Waals surface area contributed by atoms with Gasteiger partial charge in [-0.15, -0.1) is 0 Å². The molecule has 2 rings (SSSR count). The highest BCUT2D eigenvalue weighted by Crippen LogP contribution is 2.16. The standard InChI is InChI=1S/C14H14N4O2S/c1-10(11-5-2-3-6-12(11)19)17-18-13(20)9-21-14-15-7-4-8-16-14/h2-8,19H,9H2,1H3,(H,18,20). The summed E-state index contributed by atoms with van der Waals surface area (Å²) in [5.74, 6) is 0.0314. The SMILES string of the molecule is CC(=NNC(=O)CSc1ncccn1)c1ccccc1O. The van der Waals surface area contributed by atoms with Crippen LogP contribution in [0.2, 0.25) is 0 Å². The van der Waals surface area contributed by atoms with Gasteiger partial charge < -0.3 is 5.11 Å². The maximum atomic E-state index is 11.7. The molecule has 6 nitrogen and oxygen atoms in total. The second-order valence-corrected chi connectivity index (χ2v) is 5.01. The second-order valence-electron chi connectivity index (χ2n) is 4.07. The smallest absolute Gasteiger partial charge is 0.250 e. The van der Waals surface area contributed by atoms with Gasteiger partial charge in [0.15, 0.2) is 5.16 Å². The third-order valence-corrected chi connectivity index (χ3v) is 3.39. The van der Waals surface area contributed by atoms with Gasteiger partial charge in [0.2, 0.25) is 0 Å². The van der Waals surface area contributed by atoms with E-state index in [4.69, 9.17) is 0 Å². The highest BCUT2D eigenvalue weighted by Gasteiger charge is 2.06. The molecule has 0 saturated carbocycles. The summed E-state index contributed by atoms with van der Waals surface area (Å²) >= 11 is 1.23. The minimum absolute atomic E-state index is 0.125. The molecule has 0 aliphatic carbocycles. The number of carbonyl (C=O) groups excluding carboxylic acids is 1. The lowest BCUT2D eigenvalue weighted by atomic mass is 10.1. The summed E-state index contributed by atoms with van der Waals surface area (Å²) in [4.78, 5) is 19.7. The monoisotopic (exact) mass is 302 g/mol. The predicted molar refractivity (Wildman–Crippen MR) is 81.2 cm³/mol. The van der Waals surface area contributed by atoms with Crippen molar-refractivity contribution in [2.45, 2.75) is 12.1 Å². The largest absolute Gasteiger partial charge is 0.507 e. The topological polar surface area (TPSA) is 87.5 Å². The molecule has 7 heteroatoms. The molecule has 2 aromatic rings. The number of para-hydroxylation sites is 1. The number of carbonyl (C=O) groups is 1. The summed E-state index contributed by atoms with van der Waals surface area (Å²) in [6, 6.07) is 8.52. The fourth-order valence-electron chi connectivity index (χ4n) is 1.51. The fraction of sp³-hybridized carbons (Fsp3) is 0.143. The third-order valence-electron chi connectivity index (χ3n) is 2.52. The molecule has 1 aromatic carbocycles. The Hall–Kier alpha value is -2.41. The number of hydrogen-bond acceptors (Lipinski definition) is 6. The lowest BCUT2D eigenvalue weighted by molar-refractivity contribution is -0.118. The molecule has 0 radical (unpaired) electrons. The van der Waals surface area contributed by atoms with Crippen molar-refractivity contribution in [2.24, 2.45) is 5.10 Å². The number of thioether (sulfide) groups is 1. The Bertz CT molecular complexity index is 646. The summed E-state index contributed by atoms with van der Waals surface area (Å²) < 4.78 is 0. The Labute approximate surface area is 126 Å². The molecule has 2 N–H and O–H groups in total. The number of nitrogens with one attached hydrogen (secondary N) is 1. The van der Waals surface area contributed by atoms with Gasteiger partial charge in [0.05, 0.1) is 11.5 Å². The number of aromatic nitrogens is 2. The van der Waals surface area contributed by atoms with Crippen molar-refractivity contribution in [1.82, 2.24) is 15.4 Å². The maximum Gasteiger partial charge on any atom is 0.250 e. The highest BCUT2D eigenvalue weighted by atomic mass is 32.2. The molecule has 0 fully saturated rings. The number of hydrogen-bond donors (Lipinski definition) is 2. The van der Waals surface area contributed by atoms with E-state index in [0.29, 0.717) is 16.4 Å². The molecule has 0 atom stereocenters. The molecule has 108 valence electrons. The van der Waals surface area contributed by atoms with E-state index in [-0.39, 0.29) is 17.4 Å². The number of phenols is 1. The molecular formula is C14H14N4O2S. The summed E-state index contributed by atoms with van der Waals surface area (Å²) in [5.41, 5.74) is 3.55. The first-order valence-electron chi connectivity index (χ1n) is 6.18. The van der Waals surface area contributed by atoms with E-state index in [1.807, 2.05) is 0 Å². The maximum absolute atomic E-state index is 11.7. The number of phenolic OH excluding ortho intramolecular Hbond substituents is 1. The average Bonchev–Trinajstić information content (AvgIpc) is 2.52. The van der Waals surface area contributed by atoms with Gasteiger partial charge in [0, 0.05) is 18.0 Å². The summed E-state index contributed by atoms with van der Waals surface area (Å²) in [5, 5.41) is 14.2. The van der Waals surface area contributed by atoms with Crippen LogP contribution in [0, 0.1) is 0 Å². The van der Waals surface area contributed by atoms with E-state index in [0.717, 1.165) is 0 Å². The van der Waals surface area contributed by atoms with Crippen molar-refractivity contribution in [3.8, 4) is 5.75 Å². The van der Waals surface area contributed by atoms with Gasteiger partial charge in [0.1, 0.15) is 5.75 Å². The van der Waals surface area contributed by atoms with Crippen LogP contribution in [0.3, 0.4) is 0 Å². The van der Waals surface area contributed by atoms with E-state index in [1.165, 1.54) is 11.8 Å². The quantitative estimate of drug-likeness (QED) is 0.381. The first kappa shape index (κ1) is 15.0. The predicted octanol–water partition coefficient (Wildman–Crippen LogP) is 1.81. The second kappa shape index (κ2) is 7.39. The molecular weight excluding hydrogens is 288 g/mol. The van der Waals surface area contributed by atoms with E-state index in [9.17, 15) is 9.90 Å². The Morgan fingerprint density at radius 1 is 1.29 bits per heavy atom. The number of rotatable bonds is 5. The van der Waals surface area contributed by atoms with E-state index < -0.39 is 0 Å². The molecule has 1 amide bonds. The molecule has 0 spiro atoms. The number of hydrazone groups is 1. The van der Waals surface area contributed by atoms with Crippen molar-refractivity contribution in [3.05, 3.63) is 48.3 Å². The van der Waals surface area contributed by atoms with Gasteiger partial charge in [-0.3, -0.25) is 4.79 Å². The highest BCUT2D eigenvalue weighted by molar-refractivity contribution is 7.99. The number of benzene rings is 1. The van der Waals surface area contributed by atoms with Crippen LogP contribution in [0.15, 0.2) is 53.0 Å². The van der Waals surface area contributed by atoms with E-state index in [2.05, 4.69) is 20.5 Å². The van der Waals surface area contributed by atoms with Crippen LogP contribution in [0.4, 0.5) is 0 Å². The molecule has 1 heterocycles. The molecule has 0 aliphatic rings. The van der Waals surface area contributed by atoms with Gasteiger partial charge in [0.25, 0.3) is 5.91 Å². The molecule has 0 unspecified atom stereocenters. The van der Waals surface area contributed by atoms with Crippen LogP contribution in [-0.2, 0) is 4.79 Å². The van der Waals surface area contributed by atoms with Crippen molar-refractivity contribution in [2.75, 3.05) is 5.75 Å². The van der Waals surface area contributed by atoms with E-state index in [1.54, 1.807) is 49.6 Å². The fourth-order valence-corrected chi connectivity index (χ4v) is 2.10. The van der Waals surface area contributed by atoms with Crippen molar-refractivity contribution >= 4 is 23.4 Å². The summed E-state index contributed by atoms with van der Waals surface area (Å²) in [7, 11) is 0. The lowest BCUT2D eigenvalue weighted by Gasteiger charge is -2.04. The number of aromatic hydroxyl groups is 1. The summed E-state index contributed by atoms with van der Waals surface area (Å²) in [6.07, 6.45) is 3.24. The number of nitrogens with zero attached hydrogens (tertiary/aromatic N) is 3. The van der Waals surface area contributed by atoms with Crippen LogP contribution < -0.4 is 5.43 Å². The normalized spacial score (nSPS) is 11.2. The minimum Gasteiger partial charge on any atom is -0.507 e. The van der Waals surface area contributed by atoms with Crippen molar-refractivity contribution in [3.63, 3.8) is 0 Å². The zero-order valence-electron chi connectivity index (χ0n) is 11.4. The first-order chi connectivity index (χ1) is 10.2. The van der Waals surface area contributed by atoms with Crippen molar-refractivity contribution in [1.29, 1.82) is 0 Å². The van der Waals surface area contributed by atoms with Gasteiger partial charge >= 0.3 is 0 Å². The molecule has 1 aromatic heterocycles.